The van der Waals surface area contributed by atoms with Crippen LogP contribution in [0.1, 0.15) is 26.7 Å². The molecular weight excluding hydrogens is 213 g/mol. The zero-order valence-electron chi connectivity index (χ0n) is 9.62. The van der Waals surface area contributed by atoms with Gasteiger partial charge in [0.1, 0.15) is 0 Å². The van der Waals surface area contributed by atoms with E-state index in [1.807, 2.05) is 13.8 Å². The van der Waals surface area contributed by atoms with Crippen molar-refractivity contribution in [3.63, 3.8) is 0 Å². The van der Waals surface area contributed by atoms with E-state index in [0.29, 0.717) is 0 Å². The van der Waals surface area contributed by atoms with Gasteiger partial charge in [-0.3, -0.25) is 5.09 Å². The quantitative estimate of drug-likeness (QED) is 0.699. The van der Waals surface area contributed by atoms with Crippen LogP contribution < -0.4 is 5.09 Å². The maximum absolute atomic E-state index is 11.2. The van der Waals surface area contributed by atoms with Crippen molar-refractivity contribution in [2.24, 2.45) is 0 Å². The summed E-state index contributed by atoms with van der Waals surface area (Å²) in [6, 6.07) is 0.194. The summed E-state index contributed by atoms with van der Waals surface area (Å²) in [5.74, 6) is 0. The second-order valence-corrected chi connectivity index (χ2v) is 4.12. The molecule has 1 unspecified atom stereocenters. The molecule has 2 rings (SSSR count). The number of piperidine rings is 1. The molecule has 0 radical (unpaired) electrons. The summed E-state index contributed by atoms with van der Waals surface area (Å²) in [7, 11) is 2.20. The number of carbonyl (C=O) groups is 1. The molecule has 2 aliphatic heterocycles. The first-order valence-corrected chi connectivity index (χ1v) is 6.38. The van der Waals surface area contributed by atoms with Crippen LogP contribution >= 0.6 is 8.96 Å². The summed E-state index contributed by atoms with van der Waals surface area (Å²) in [6.45, 7) is 6.09. The Hall–Kier alpha value is -0.380. The number of hydrogen-bond donors (Lipinski definition) is 1. The predicted octanol–water partition coefficient (Wildman–Crippen LogP) is 1.57. The Kier molecular flexibility index (Phi) is 5.29. The van der Waals surface area contributed by atoms with E-state index >= 15 is 0 Å². The molecule has 0 aromatic rings. The minimum absolute atomic E-state index is 0.0760. The average Bonchev–Trinajstić information content (AvgIpc) is 2.69. The number of carbonyl (C=O) groups excluding carboxylic acids is 1. The van der Waals surface area contributed by atoms with Gasteiger partial charge in [-0.1, -0.05) is 13.8 Å². The summed E-state index contributed by atoms with van der Waals surface area (Å²) in [4.78, 5) is 13.5. The number of amides is 2. The fourth-order valence-corrected chi connectivity index (χ4v) is 2.26. The molecule has 1 atom stereocenters. The standard InChI is InChI=1S/C7H14N3O2P.C2H6/c1-9-4-2-6(3-5-9)10-7(11)8-13-12-10;1-2/h6,13H,2-5H2,1H3,(H,8,11);1-2H3. The third kappa shape index (κ3) is 3.30. The van der Waals surface area contributed by atoms with Crippen LogP contribution in [0.2, 0.25) is 0 Å². The Balaban J connectivity index is 0.000000531. The van der Waals surface area contributed by atoms with Crippen molar-refractivity contribution < 1.29 is 9.42 Å². The number of hydrogen-bond acceptors (Lipinski definition) is 3. The fraction of sp³-hybridized carbons (Fsp3) is 0.889. The zero-order chi connectivity index (χ0) is 11.3. The highest BCUT2D eigenvalue weighted by atomic mass is 31.1. The highest BCUT2D eigenvalue weighted by molar-refractivity contribution is 7.31. The normalized spacial score (nSPS) is 25.0. The monoisotopic (exact) mass is 233 g/mol. The Bertz CT molecular complexity index is 208. The van der Waals surface area contributed by atoms with Crippen LogP contribution in [0, 0.1) is 0 Å². The summed E-state index contributed by atoms with van der Waals surface area (Å²) >= 11 is 0. The summed E-state index contributed by atoms with van der Waals surface area (Å²) in [6.07, 6.45) is 2.02. The molecule has 1 N–H and O–H groups in total. The van der Waals surface area contributed by atoms with Crippen LogP contribution in [-0.4, -0.2) is 42.2 Å². The molecule has 0 saturated carbocycles. The number of urea groups is 1. The third-order valence-corrected chi connectivity index (χ3v) is 3.13. The summed E-state index contributed by atoms with van der Waals surface area (Å²) < 4.78 is 5.22. The molecule has 5 nitrogen and oxygen atoms in total. The zero-order valence-corrected chi connectivity index (χ0v) is 10.6. The molecule has 2 heterocycles. The predicted molar refractivity (Wildman–Crippen MR) is 61.6 cm³/mol. The summed E-state index contributed by atoms with van der Waals surface area (Å²) in [5, 5.41) is 4.16. The lowest BCUT2D eigenvalue weighted by Gasteiger charge is -2.32. The maximum Gasteiger partial charge on any atom is 0.346 e. The SMILES string of the molecule is CC.CN1CCC(N2OPNC2=O)CC1. The van der Waals surface area contributed by atoms with Gasteiger partial charge in [-0.2, -0.15) is 5.06 Å². The molecular formula is C9H20N3O2P. The van der Waals surface area contributed by atoms with Crippen molar-refractivity contribution in [2.75, 3.05) is 20.1 Å². The summed E-state index contributed by atoms with van der Waals surface area (Å²) in [5.41, 5.74) is 0. The Morgan fingerprint density at radius 3 is 2.47 bits per heavy atom. The van der Waals surface area contributed by atoms with Gasteiger partial charge in [0.15, 0.2) is 8.96 Å². The van der Waals surface area contributed by atoms with Gasteiger partial charge in [0, 0.05) is 0 Å². The van der Waals surface area contributed by atoms with E-state index in [2.05, 4.69) is 17.0 Å². The molecule has 88 valence electrons. The molecule has 15 heavy (non-hydrogen) atoms. The lowest BCUT2D eigenvalue weighted by atomic mass is 10.1. The number of nitrogens with zero attached hydrogens (tertiary/aromatic N) is 2. The Morgan fingerprint density at radius 2 is 2.00 bits per heavy atom. The van der Waals surface area contributed by atoms with Crippen molar-refractivity contribution in [3.05, 3.63) is 0 Å². The van der Waals surface area contributed by atoms with Crippen molar-refractivity contribution in [1.82, 2.24) is 15.1 Å². The first-order valence-electron chi connectivity index (χ1n) is 5.47. The van der Waals surface area contributed by atoms with Crippen molar-refractivity contribution in [1.29, 1.82) is 0 Å². The molecule has 2 saturated heterocycles. The molecule has 0 aromatic heterocycles. The number of rotatable bonds is 1. The topological polar surface area (TPSA) is 44.8 Å². The van der Waals surface area contributed by atoms with Gasteiger partial charge < -0.3 is 4.90 Å². The minimum Gasteiger partial charge on any atom is -0.306 e. The van der Waals surface area contributed by atoms with E-state index in [1.54, 1.807) is 0 Å². The van der Waals surface area contributed by atoms with Gasteiger partial charge in [0.05, 0.1) is 6.04 Å². The molecule has 0 spiro atoms. The van der Waals surface area contributed by atoms with Gasteiger partial charge in [-0.15, -0.1) is 0 Å². The van der Waals surface area contributed by atoms with E-state index in [-0.39, 0.29) is 21.0 Å². The average molecular weight is 233 g/mol. The second-order valence-electron chi connectivity index (χ2n) is 3.48. The van der Waals surface area contributed by atoms with Crippen LogP contribution in [0.4, 0.5) is 4.79 Å². The van der Waals surface area contributed by atoms with E-state index in [9.17, 15) is 4.79 Å². The van der Waals surface area contributed by atoms with Crippen molar-refractivity contribution in [3.8, 4) is 0 Å². The second kappa shape index (κ2) is 6.26. The van der Waals surface area contributed by atoms with E-state index in [0.717, 1.165) is 25.9 Å². The van der Waals surface area contributed by atoms with Crippen LogP contribution in [0.3, 0.4) is 0 Å². The lowest BCUT2D eigenvalue weighted by Crippen LogP contribution is -2.44. The highest BCUT2D eigenvalue weighted by Gasteiger charge is 2.31. The number of hydroxylamine groups is 2. The van der Waals surface area contributed by atoms with Gasteiger partial charge in [-0.25, -0.2) is 9.42 Å². The lowest BCUT2D eigenvalue weighted by molar-refractivity contribution is -0.0369. The van der Waals surface area contributed by atoms with Gasteiger partial charge >= 0.3 is 6.03 Å². The molecule has 6 heteroatoms. The molecule has 2 aliphatic rings. The number of likely N-dealkylation sites (tertiary alicyclic amines) is 1. The van der Waals surface area contributed by atoms with E-state index in [1.165, 1.54) is 5.06 Å². The van der Waals surface area contributed by atoms with Gasteiger partial charge in [0.2, 0.25) is 0 Å². The molecule has 0 aromatic carbocycles. The molecule has 2 fully saturated rings. The van der Waals surface area contributed by atoms with Crippen LogP contribution in [0.5, 0.6) is 0 Å². The minimum atomic E-state index is -0.0760. The van der Waals surface area contributed by atoms with Gasteiger partial charge in [0.25, 0.3) is 0 Å². The molecule has 2 amide bonds. The maximum atomic E-state index is 11.2. The molecule has 0 bridgehead atoms. The van der Waals surface area contributed by atoms with E-state index in [4.69, 9.17) is 4.62 Å². The first-order chi connectivity index (χ1) is 7.27. The smallest absolute Gasteiger partial charge is 0.306 e. The fourth-order valence-electron chi connectivity index (χ4n) is 1.68. The highest BCUT2D eigenvalue weighted by Crippen LogP contribution is 2.25. The third-order valence-electron chi connectivity index (χ3n) is 2.52. The number of nitrogens with one attached hydrogen (secondary N) is 1. The van der Waals surface area contributed by atoms with E-state index < -0.39 is 0 Å². The largest absolute Gasteiger partial charge is 0.346 e. The Morgan fingerprint density at radius 1 is 1.40 bits per heavy atom. The molecule has 0 aliphatic carbocycles. The van der Waals surface area contributed by atoms with Crippen molar-refractivity contribution >= 4 is 15.0 Å². The van der Waals surface area contributed by atoms with Crippen LogP contribution in [0.15, 0.2) is 0 Å². The van der Waals surface area contributed by atoms with Crippen molar-refractivity contribution in [2.45, 2.75) is 32.7 Å². The first kappa shape index (κ1) is 12.7. The van der Waals surface area contributed by atoms with Crippen LogP contribution in [0.25, 0.3) is 0 Å². The van der Waals surface area contributed by atoms with Gasteiger partial charge in [-0.05, 0) is 33.0 Å². The Labute approximate surface area is 93.0 Å². The van der Waals surface area contributed by atoms with Crippen LogP contribution in [-0.2, 0) is 4.62 Å².